The highest BCUT2D eigenvalue weighted by atomic mass is 16.4. The van der Waals surface area contributed by atoms with Crippen LogP contribution in [0.2, 0.25) is 0 Å². The van der Waals surface area contributed by atoms with Crippen LogP contribution in [0.15, 0.2) is 51.8 Å². The van der Waals surface area contributed by atoms with Crippen LogP contribution in [0.25, 0.3) is 21.9 Å². The Hall–Kier alpha value is -4.27. The van der Waals surface area contributed by atoms with Gasteiger partial charge in [-0.15, -0.1) is 0 Å². The van der Waals surface area contributed by atoms with E-state index >= 15 is 0 Å². The molecule has 9 heteroatoms. The van der Waals surface area contributed by atoms with E-state index in [0.29, 0.717) is 27.4 Å². The molecule has 0 spiro atoms. The highest BCUT2D eigenvalue weighted by molar-refractivity contribution is 5.89. The molecule has 0 aliphatic rings. The number of nitrogens with one attached hydrogen (secondary N) is 2. The van der Waals surface area contributed by atoms with Crippen LogP contribution in [-0.4, -0.2) is 33.1 Å². The number of phenolic OH excluding ortho intramolecular Hbond substituents is 2. The molecule has 4 rings (SSSR count). The van der Waals surface area contributed by atoms with Crippen molar-refractivity contribution in [2.75, 3.05) is 0 Å². The Bertz CT molecular complexity index is 1420. The van der Waals surface area contributed by atoms with Gasteiger partial charge in [-0.05, 0) is 48.4 Å². The van der Waals surface area contributed by atoms with Gasteiger partial charge in [0.2, 0.25) is 5.91 Å². The van der Waals surface area contributed by atoms with E-state index in [-0.39, 0.29) is 35.5 Å². The molecule has 164 valence electrons. The molecule has 4 N–H and O–H groups in total. The second kappa shape index (κ2) is 8.10. The second-order valence-corrected chi connectivity index (χ2v) is 7.54. The summed E-state index contributed by atoms with van der Waals surface area (Å²) < 4.78 is 5.20. The van der Waals surface area contributed by atoms with E-state index < -0.39 is 23.5 Å². The molecule has 0 fully saturated rings. The zero-order chi connectivity index (χ0) is 23.0. The number of carboxylic acids is 1. The van der Waals surface area contributed by atoms with Gasteiger partial charge in [0.1, 0.15) is 17.1 Å². The molecule has 0 bridgehead atoms. The van der Waals surface area contributed by atoms with Crippen molar-refractivity contribution in [3.63, 3.8) is 0 Å². The van der Waals surface area contributed by atoms with Crippen LogP contribution in [0, 0.1) is 6.92 Å². The minimum atomic E-state index is -1.48. The van der Waals surface area contributed by atoms with Crippen molar-refractivity contribution < 1.29 is 29.3 Å². The van der Waals surface area contributed by atoms with E-state index in [1.165, 1.54) is 24.3 Å². The van der Waals surface area contributed by atoms with Crippen molar-refractivity contribution in [1.82, 2.24) is 10.3 Å². The molecule has 2 aromatic heterocycles. The van der Waals surface area contributed by atoms with E-state index in [9.17, 15) is 29.7 Å². The Morgan fingerprint density at radius 2 is 1.84 bits per heavy atom. The first-order valence-corrected chi connectivity index (χ1v) is 9.77. The van der Waals surface area contributed by atoms with Crippen LogP contribution in [0.1, 0.15) is 16.7 Å². The molecule has 9 nitrogen and oxygen atoms in total. The standard InChI is InChI=1S/C23H20N2O7/c1-11-15-4-2-14(27)8-20(15)32-23(31)16(11)9-21(28)25-19(22(29)30)6-12-10-24-18-5-3-13(26)7-17(12)18/h2-5,7-8,10,19,24,26-27H,6,9H2,1H3,(H,25,28)(H,29,30)/p-1/t19-/m1/s1. The molecular formula is C23H19N2O7-. The number of carboxylic acid groups (broad SMARTS) is 1. The van der Waals surface area contributed by atoms with Gasteiger partial charge >= 0.3 is 5.63 Å². The number of aliphatic carboxylic acids is 1. The third-order valence-corrected chi connectivity index (χ3v) is 5.40. The monoisotopic (exact) mass is 435 g/mol. The van der Waals surface area contributed by atoms with Crippen molar-refractivity contribution in [2.24, 2.45) is 0 Å². The number of carbonyl (C=O) groups is 2. The van der Waals surface area contributed by atoms with Crippen LogP contribution in [0.4, 0.5) is 0 Å². The lowest BCUT2D eigenvalue weighted by molar-refractivity contribution is -0.308. The number of hydrogen-bond acceptors (Lipinski definition) is 7. The molecule has 1 atom stereocenters. The lowest BCUT2D eigenvalue weighted by Gasteiger charge is -2.20. The molecule has 0 radical (unpaired) electrons. The maximum Gasteiger partial charge on any atom is 0.340 e. The second-order valence-electron chi connectivity index (χ2n) is 7.54. The highest BCUT2D eigenvalue weighted by Gasteiger charge is 2.20. The van der Waals surface area contributed by atoms with Crippen LogP contribution in [-0.2, 0) is 22.4 Å². The first-order valence-electron chi connectivity index (χ1n) is 9.77. The average Bonchev–Trinajstić information content (AvgIpc) is 3.12. The van der Waals surface area contributed by atoms with E-state index in [4.69, 9.17) is 4.42 Å². The number of fused-ring (bicyclic) bond motifs is 2. The number of aromatic hydroxyl groups is 2. The summed E-state index contributed by atoms with van der Waals surface area (Å²) in [6.07, 6.45) is 1.13. The molecule has 32 heavy (non-hydrogen) atoms. The lowest BCUT2D eigenvalue weighted by Crippen LogP contribution is -2.49. The summed E-state index contributed by atoms with van der Waals surface area (Å²) in [6, 6.07) is 7.61. The number of H-pyrrole nitrogens is 1. The van der Waals surface area contributed by atoms with Crippen LogP contribution >= 0.6 is 0 Å². The molecule has 0 saturated heterocycles. The zero-order valence-corrected chi connectivity index (χ0v) is 17.0. The number of amides is 1. The van der Waals surface area contributed by atoms with Crippen LogP contribution in [0.5, 0.6) is 11.5 Å². The fourth-order valence-corrected chi connectivity index (χ4v) is 3.74. The molecule has 0 aliphatic carbocycles. The molecule has 1 amide bonds. The Morgan fingerprint density at radius 1 is 1.12 bits per heavy atom. The van der Waals surface area contributed by atoms with Gasteiger partial charge < -0.3 is 34.8 Å². The number of aromatic amines is 1. The Morgan fingerprint density at radius 3 is 2.59 bits per heavy atom. The van der Waals surface area contributed by atoms with Gasteiger partial charge in [-0.3, -0.25) is 4.79 Å². The van der Waals surface area contributed by atoms with Crippen molar-refractivity contribution in [2.45, 2.75) is 25.8 Å². The number of aryl methyl sites for hydroxylation is 1. The lowest BCUT2D eigenvalue weighted by atomic mass is 10.0. The fourth-order valence-electron chi connectivity index (χ4n) is 3.74. The smallest absolute Gasteiger partial charge is 0.340 e. The summed E-state index contributed by atoms with van der Waals surface area (Å²) >= 11 is 0. The Labute approximate surface area is 180 Å². The topological polar surface area (TPSA) is 156 Å². The quantitative estimate of drug-likeness (QED) is 0.329. The van der Waals surface area contributed by atoms with Gasteiger partial charge in [0.05, 0.1) is 24.0 Å². The number of benzene rings is 2. The van der Waals surface area contributed by atoms with Crippen molar-refractivity contribution in [1.29, 1.82) is 0 Å². The third-order valence-electron chi connectivity index (χ3n) is 5.40. The van der Waals surface area contributed by atoms with Crippen LogP contribution < -0.4 is 16.0 Å². The summed E-state index contributed by atoms with van der Waals surface area (Å²) in [5, 5.41) is 34.5. The van der Waals surface area contributed by atoms with Crippen molar-refractivity contribution in [3.8, 4) is 11.5 Å². The summed E-state index contributed by atoms with van der Waals surface area (Å²) in [4.78, 5) is 39.6. The first kappa shape index (κ1) is 21.0. The van der Waals surface area contributed by atoms with Gasteiger partial charge in [0.15, 0.2) is 0 Å². The van der Waals surface area contributed by atoms with E-state index in [1.807, 2.05) is 0 Å². The molecule has 0 unspecified atom stereocenters. The largest absolute Gasteiger partial charge is 0.548 e. The maximum atomic E-state index is 12.6. The van der Waals surface area contributed by atoms with E-state index in [2.05, 4.69) is 10.3 Å². The van der Waals surface area contributed by atoms with Crippen molar-refractivity contribution >= 4 is 33.7 Å². The van der Waals surface area contributed by atoms with Gasteiger partial charge in [0, 0.05) is 35.0 Å². The Kier molecular flexibility index (Phi) is 5.31. The summed E-state index contributed by atoms with van der Waals surface area (Å²) in [7, 11) is 0. The normalized spacial score (nSPS) is 12.2. The van der Waals surface area contributed by atoms with Gasteiger partial charge in [-0.1, -0.05) is 0 Å². The average molecular weight is 435 g/mol. The predicted octanol–water partition coefficient (Wildman–Crippen LogP) is 1.01. The first-order chi connectivity index (χ1) is 15.2. The molecule has 4 aromatic rings. The maximum absolute atomic E-state index is 12.6. The molecule has 2 aromatic carbocycles. The number of phenols is 2. The molecular weight excluding hydrogens is 416 g/mol. The fraction of sp³-hybridized carbons (Fsp3) is 0.174. The number of hydrogen-bond donors (Lipinski definition) is 4. The third kappa shape index (κ3) is 4.00. The minimum Gasteiger partial charge on any atom is -0.548 e. The predicted molar refractivity (Wildman–Crippen MR) is 113 cm³/mol. The van der Waals surface area contributed by atoms with Gasteiger partial charge in [-0.25, -0.2) is 4.79 Å². The van der Waals surface area contributed by atoms with Gasteiger partial charge in [-0.2, -0.15) is 0 Å². The number of carbonyl (C=O) groups excluding carboxylic acids is 2. The van der Waals surface area contributed by atoms with Gasteiger partial charge in [0.25, 0.3) is 0 Å². The number of aromatic nitrogens is 1. The SMILES string of the molecule is Cc1c(CC(=O)N[C@H](Cc2c[nH]c3ccc(O)cc23)C(=O)[O-])c(=O)oc2cc(O)ccc12. The highest BCUT2D eigenvalue weighted by Crippen LogP contribution is 2.25. The summed E-state index contributed by atoms with van der Waals surface area (Å²) in [5.41, 5.74) is 1.32. The molecule has 0 aliphatic heterocycles. The Balaban J connectivity index is 1.56. The van der Waals surface area contributed by atoms with E-state index in [0.717, 1.165) is 0 Å². The molecule has 0 saturated carbocycles. The zero-order valence-electron chi connectivity index (χ0n) is 17.0. The summed E-state index contributed by atoms with van der Waals surface area (Å²) in [5.74, 6) is -2.20. The van der Waals surface area contributed by atoms with E-state index in [1.54, 1.807) is 25.3 Å². The van der Waals surface area contributed by atoms with Crippen molar-refractivity contribution in [3.05, 3.63) is 69.7 Å². The minimum absolute atomic E-state index is 0.0270. The number of rotatable bonds is 6. The summed E-state index contributed by atoms with van der Waals surface area (Å²) in [6.45, 7) is 1.65. The molecule has 2 heterocycles. The van der Waals surface area contributed by atoms with Crippen LogP contribution in [0.3, 0.4) is 0 Å².